The monoisotopic (exact) mass is 281 g/mol. The van der Waals surface area contributed by atoms with Crippen molar-refractivity contribution in [2.45, 2.75) is 12.8 Å². The number of amides is 1. The lowest BCUT2D eigenvalue weighted by Crippen LogP contribution is -2.15. The van der Waals surface area contributed by atoms with Gasteiger partial charge in [0, 0.05) is 20.3 Å². The van der Waals surface area contributed by atoms with Crippen LogP contribution in [0.5, 0.6) is 0 Å². The van der Waals surface area contributed by atoms with Crippen LogP contribution in [0.1, 0.15) is 23.2 Å². The van der Waals surface area contributed by atoms with E-state index in [9.17, 15) is 4.79 Å². The standard InChI is InChI=1S/C14H23N3O3/c1-19-9-10-20-8-3-2-7-17-12-6-4-5-11(13(12)15)14(16)18/h4-6,17H,2-3,7-10,15H2,1H3,(H2,16,18). The molecule has 1 amide bonds. The van der Waals surface area contributed by atoms with E-state index in [0.717, 1.165) is 25.1 Å². The van der Waals surface area contributed by atoms with E-state index in [1.54, 1.807) is 19.2 Å². The molecule has 0 aliphatic carbocycles. The number of nitrogens with two attached hydrogens (primary N) is 2. The fraction of sp³-hybridized carbons (Fsp3) is 0.500. The van der Waals surface area contributed by atoms with Gasteiger partial charge in [0.2, 0.25) is 0 Å². The molecule has 0 aromatic heterocycles. The smallest absolute Gasteiger partial charge is 0.250 e. The SMILES string of the molecule is COCCOCCCCNc1cccc(C(N)=O)c1N. The Hall–Kier alpha value is -1.79. The van der Waals surface area contributed by atoms with Crippen molar-refractivity contribution in [3.05, 3.63) is 23.8 Å². The largest absolute Gasteiger partial charge is 0.396 e. The third-order valence-corrected chi connectivity index (χ3v) is 2.83. The van der Waals surface area contributed by atoms with Crippen molar-refractivity contribution >= 4 is 17.3 Å². The molecule has 0 spiro atoms. The van der Waals surface area contributed by atoms with E-state index in [4.69, 9.17) is 20.9 Å². The molecule has 0 radical (unpaired) electrons. The van der Waals surface area contributed by atoms with Crippen LogP contribution in [0.2, 0.25) is 0 Å². The number of nitrogens with one attached hydrogen (secondary N) is 1. The Morgan fingerprint density at radius 2 is 2.05 bits per heavy atom. The summed E-state index contributed by atoms with van der Waals surface area (Å²) >= 11 is 0. The average molecular weight is 281 g/mol. The number of ether oxygens (including phenoxy) is 2. The molecule has 1 rings (SSSR count). The van der Waals surface area contributed by atoms with Crippen molar-refractivity contribution in [2.24, 2.45) is 5.73 Å². The highest BCUT2D eigenvalue weighted by Crippen LogP contribution is 2.22. The number of primary amides is 1. The van der Waals surface area contributed by atoms with Gasteiger partial charge in [0.15, 0.2) is 0 Å². The molecule has 0 aliphatic rings. The normalized spacial score (nSPS) is 10.4. The quantitative estimate of drug-likeness (QED) is 0.442. The van der Waals surface area contributed by atoms with Gasteiger partial charge >= 0.3 is 0 Å². The number of rotatable bonds is 10. The highest BCUT2D eigenvalue weighted by molar-refractivity contribution is 6.00. The molecule has 0 saturated carbocycles. The van der Waals surface area contributed by atoms with Gasteiger partial charge in [-0.2, -0.15) is 0 Å². The van der Waals surface area contributed by atoms with Gasteiger partial charge in [-0.25, -0.2) is 0 Å². The van der Waals surface area contributed by atoms with E-state index in [2.05, 4.69) is 5.32 Å². The number of hydrogen-bond acceptors (Lipinski definition) is 5. The summed E-state index contributed by atoms with van der Waals surface area (Å²) in [6.45, 7) is 2.72. The fourth-order valence-electron chi connectivity index (χ4n) is 1.73. The minimum Gasteiger partial charge on any atom is -0.396 e. The predicted molar refractivity (Wildman–Crippen MR) is 79.8 cm³/mol. The Bertz CT molecular complexity index is 424. The molecule has 0 aliphatic heterocycles. The van der Waals surface area contributed by atoms with Crippen LogP contribution in [-0.4, -0.2) is 39.4 Å². The summed E-state index contributed by atoms with van der Waals surface area (Å²) in [6.07, 6.45) is 1.90. The Morgan fingerprint density at radius 1 is 1.25 bits per heavy atom. The molecule has 6 heteroatoms. The molecule has 0 bridgehead atoms. The van der Waals surface area contributed by atoms with E-state index in [0.29, 0.717) is 31.1 Å². The minimum atomic E-state index is -0.516. The summed E-state index contributed by atoms with van der Waals surface area (Å²) < 4.78 is 10.2. The van der Waals surface area contributed by atoms with Crippen molar-refractivity contribution in [2.75, 3.05) is 44.5 Å². The first-order chi connectivity index (χ1) is 9.66. The molecule has 0 atom stereocenters. The lowest BCUT2D eigenvalue weighted by atomic mass is 10.1. The Morgan fingerprint density at radius 3 is 2.75 bits per heavy atom. The molecule has 1 aromatic carbocycles. The van der Waals surface area contributed by atoms with Gasteiger partial charge in [-0.3, -0.25) is 4.79 Å². The number of benzene rings is 1. The molecule has 112 valence electrons. The molecule has 0 saturated heterocycles. The molecule has 5 N–H and O–H groups in total. The van der Waals surface area contributed by atoms with Crippen LogP contribution >= 0.6 is 0 Å². The topological polar surface area (TPSA) is 99.6 Å². The Kier molecular flexibility index (Phi) is 7.46. The summed E-state index contributed by atoms with van der Waals surface area (Å²) in [5.74, 6) is -0.516. The molecule has 0 fully saturated rings. The number of methoxy groups -OCH3 is 1. The molecule has 6 nitrogen and oxygen atoms in total. The van der Waals surface area contributed by atoms with E-state index in [1.807, 2.05) is 6.07 Å². The lowest BCUT2D eigenvalue weighted by Gasteiger charge is -2.11. The van der Waals surface area contributed by atoms with Crippen LogP contribution in [0, 0.1) is 0 Å². The van der Waals surface area contributed by atoms with Crippen LogP contribution in [0.25, 0.3) is 0 Å². The van der Waals surface area contributed by atoms with Crippen molar-refractivity contribution in [1.29, 1.82) is 0 Å². The third kappa shape index (κ3) is 5.46. The van der Waals surface area contributed by atoms with Gasteiger partial charge < -0.3 is 26.3 Å². The first kappa shape index (κ1) is 16.3. The second-order valence-electron chi connectivity index (χ2n) is 4.37. The van der Waals surface area contributed by atoms with E-state index in [-0.39, 0.29) is 0 Å². The van der Waals surface area contributed by atoms with Gasteiger partial charge in [-0.15, -0.1) is 0 Å². The molecule has 1 aromatic rings. The number of para-hydroxylation sites is 1. The first-order valence-electron chi connectivity index (χ1n) is 6.65. The molecular weight excluding hydrogens is 258 g/mol. The summed E-state index contributed by atoms with van der Waals surface area (Å²) in [4.78, 5) is 11.2. The summed E-state index contributed by atoms with van der Waals surface area (Å²) in [6, 6.07) is 5.20. The minimum absolute atomic E-state index is 0.345. The maximum Gasteiger partial charge on any atom is 0.250 e. The number of hydrogen-bond donors (Lipinski definition) is 3. The predicted octanol–water partition coefficient (Wildman–Crippen LogP) is 1.22. The highest BCUT2D eigenvalue weighted by atomic mass is 16.5. The number of unbranched alkanes of at least 4 members (excludes halogenated alkanes) is 1. The van der Waals surface area contributed by atoms with Crippen LogP contribution < -0.4 is 16.8 Å². The van der Waals surface area contributed by atoms with Gasteiger partial charge in [0.1, 0.15) is 0 Å². The van der Waals surface area contributed by atoms with Gasteiger partial charge in [-0.05, 0) is 25.0 Å². The van der Waals surface area contributed by atoms with Gasteiger partial charge in [0.25, 0.3) is 5.91 Å². The Labute approximate surface area is 119 Å². The zero-order valence-electron chi connectivity index (χ0n) is 11.9. The van der Waals surface area contributed by atoms with Gasteiger partial charge in [-0.1, -0.05) is 6.07 Å². The average Bonchev–Trinajstić information content (AvgIpc) is 2.43. The third-order valence-electron chi connectivity index (χ3n) is 2.83. The van der Waals surface area contributed by atoms with Crippen molar-refractivity contribution in [1.82, 2.24) is 0 Å². The van der Waals surface area contributed by atoms with Crippen LogP contribution in [0.3, 0.4) is 0 Å². The number of anilines is 2. The van der Waals surface area contributed by atoms with E-state index < -0.39 is 5.91 Å². The highest BCUT2D eigenvalue weighted by Gasteiger charge is 2.08. The van der Waals surface area contributed by atoms with Crippen LogP contribution in [0.15, 0.2) is 18.2 Å². The summed E-state index contributed by atoms with van der Waals surface area (Å²) in [5, 5.41) is 3.20. The van der Waals surface area contributed by atoms with Crippen LogP contribution in [0.4, 0.5) is 11.4 Å². The van der Waals surface area contributed by atoms with E-state index in [1.165, 1.54) is 0 Å². The first-order valence-corrected chi connectivity index (χ1v) is 6.65. The van der Waals surface area contributed by atoms with Crippen molar-refractivity contribution < 1.29 is 14.3 Å². The number of nitrogen functional groups attached to an aromatic ring is 1. The fourth-order valence-corrected chi connectivity index (χ4v) is 1.73. The summed E-state index contributed by atoms with van der Waals surface area (Å²) in [5.41, 5.74) is 12.6. The second kappa shape index (κ2) is 9.17. The maximum absolute atomic E-state index is 11.2. The van der Waals surface area contributed by atoms with Gasteiger partial charge in [0.05, 0.1) is 30.2 Å². The van der Waals surface area contributed by atoms with Crippen molar-refractivity contribution in [3.8, 4) is 0 Å². The van der Waals surface area contributed by atoms with Crippen LogP contribution in [-0.2, 0) is 9.47 Å². The zero-order valence-corrected chi connectivity index (χ0v) is 11.9. The maximum atomic E-state index is 11.2. The zero-order chi connectivity index (χ0) is 14.8. The number of carbonyl (C=O) groups excluding carboxylic acids is 1. The number of carbonyl (C=O) groups is 1. The molecular formula is C14H23N3O3. The molecule has 20 heavy (non-hydrogen) atoms. The van der Waals surface area contributed by atoms with E-state index >= 15 is 0 Å². The molecule has 0 heterocycles. The summed E-state index contributed by atoms with van der Waals surface area (Å²) in [7, 11) is 1.65. The second-order valence-corrected chi connectivity index (χ2v) is 4.37. The molecule has 0 unspecified atom stereocenters. The van der Waals surface area contributed by atoms with Crippen molar-refractivity contribution in [3.63, 3.8) is 0 Å². The Balaban J connectivity index is 2.25. The lowest BCUT2D eigenvalue weighted by molar-refractivity contribution is 0.0691.